The van der Waals surface area contributed by atoms with E-state index in [1.165, 1.54) is 0 Å². The Morgan fingerprint density at radius 3 is 3.08 bits per heavy atom. The van der Waals surface area contributed by atoms with Gasteiger partial charge in [0.15, 0.2) is 0 Å². The number of hydrogen-bond acceptors (Lipinski definition) is 3. The van der Waals surface area contributed by atoms with Crippen LogP contribution in [0.4, 0.5) is 0 Å². The SMILES string of the molecule is CC(=O)N1CCOC(CCCN)C1. The van der Waals surface area contributed by atoms with Gasteiger partial charge in [0, 0.05) is 20.0 Å². The molecule has 0 aromatic rings. The van der Waals surface area contributed by atoms with Crippen LogP contribution in [0.5, 0.6) is 0 Å². The standard InChI is InChI=1S/C9H18N2O2/c1-8(12)11-5-6-13-9(7-11)3-2-4-10/h9H,2-7,10H2,1H3. The Kier molecular flexibility index (Phi) is 4.18. The number of amides is 1. The normalized spacial score (nSPS) is 23.2. The smallest absolute Gasteiger partial charge is 0.219 e. The Labute approximate surface area is 79.0 Å². The average molecular weight is 186 g/mol. The zero-order valence-corrected chi connectivity index (χ0v) is 8.16. The number of rotatable bonds is 3. The van der Waals surface area contributed by atoms with Crippen molar-refractivity contribution in [2.24, 2.45) is 5.73 Å². The number of ether oxygens (including phenoxy) is 1. The summed E-state index contributed by atoms with van der Waals surface area (Å²) in [5.74, 6) is 0.140. The van der Waals surface area contributed by atoms with E-state index in [1.54, 1.807) is 6.92 Å². The van der Waals surface area contributed by atoms with Crippen molar-refractivity contribution in [1.82, 2.24) is 4.90 Å². The van der Waals surface area contributed by atoms with Crippen LogP contribution < -0.4 is 5.73 Å². The number of carbonyl (C=O) groups is 1. The molecule has 0 spiro atoms. The predicted molar refractivity (Wildman–Crippen MR) is 50.3 cm³/mol. The van der Waals surface area contributed by atoms with Gasteiger partial charge in [0.05, 0.1) is 12.7 Å². The first-order chi connectivity index (χ1) is 6.24. The Hall–Kier alpha value is -0.610. The lowest BCUT2D eigenvalue weighted by Crippen LogP contribution is -2.44. The van der Waals surface area contributed by atoms with E-state index in [2.05, 4.69) is 0 Å². The zero-order valence-electron chi connectivity index (χ0n) is 8.16. The van der Waals surface area contributed by atoms with Crippen molar-refractivity contribution in [2.45, 2.75) is 25.9 Å². The van der Waals surface area contributed by atoms with Crippen molar-refractivity contribution in [1.29, 1.82) is 0 Å². The van der Waals surface area contributed by atoms with E-state index in [0.29, 0.717) is 13.2 Å². The van der Waals surface area contributed by atoms with E-state index in [9.17, 15) is 4.79 Å². The molecule has 1 fully saturated rings. The molecular weight excluding hydrogens is 168 g/mol. The Morgan fingerprint density at radius 1 is 1.69 bits per heavy atom. The lowest BCUT2D eigenvalue weighted by molar-refractivity contribution is -0.136. The molecule has 1 saturated heterocycles. The first-order valence-corrected chi connectivity index (χ1v) is 4.81. The third-order valence-corrected chi connectivity index (χ3v) is 2.31. The van der Waals surface area contributed by atoms with Gasteiger partial charge in [-0.15, -0.1) is 0 Å². The van der Waals surface area contributed by atoms with Crippen LogP contribution in [0.25, 0.3) is 0 Å². The Morgan fingerprint density at radius 2 is 2.46 bits per heavy atom. The van der Waals surface area contributed by atoms with E-state index in [4.69, 9.17) is 10.5 Å². The van der Waals surface area contributed by atoms with Gasteiger partial charge in [-0.05, 0) is 19.4 Å². The largest absolute Gasteiger partial charge is 0.375 e. The molecule has 1 aliphatic rings. The maximum Gasteiger partial charge on any atom is 0.219 e. The van der Waals surface area contributed by atoms with E-state index < -0.39 is 0 Å². The molecule has 0 aromatic carbocycles. The molecule has 1 amide bonds. The zero-order chi connectivity index (χ0) is 9.68. The molecule has 4 nitrogen and oxygen atoms in total. The second-order valence-electron chi connectivity index (χ2n) is 3.39. The van der Waals surface area contributed by atoms with E-state index >= 15 is 0 Å². The topological polar surface area (TPSA) is 55.6 Å². The first-order valence-electron chi connectivity index (χ1n) is 4.81. The molecule has 0 saturated carbocycles. The second kappa shape index (κ2) is 5.19. The molecule has 0 aromatic heterocycles. The molecule has 1 atom stereocenters. The van der Waals surface area contributed by atoms with Gasteiger partial charge < -0.3 is 15.4 Å². The molecule has 1 rings (SSSR count). The minimum atomic E-state index is 0.140. The Bertz CT molecular complexity index is 173. The molecule has 1 heterocycles. The van der Waals surface area contributed by atoms with Gasteiger partial charge in [-0.1, -0.05) is 0 Å². The predicted octanol–water partition coefficient (Wildman–Crippen LogP) is -0.0274. The highest BCUT2D eigenvalue weighted by Gasteiger charge is 2.21. The fourth-order valence-electron chi connectivity index (χ4n) is 1.53. The van der Waals surface area contributed by atoms with E-state index in [1.807, 2.05) is 4.90 Å². The molecule has 1 aliphatic heterocycles. The van der Waals surface area contributed by atoms with Crippen LogP contribution in [0.3, 0.4) is 0 Å². The van der Waals surface area contributed by atoms with E-state index in [0.717, 1.165) is 25.9 Å². The van der Waals surface area contributed by atoms with E-state index in [-0.39, 0.29) is 12.0 Å². The van der Waals surface area contributed by atoms with Crippen LogP contribution in [0, 0.1) is 0 Å². The van der Waals surface area contributed by atoms with Gasteiger partial charge in [0.2, 0.25) is 5.91 Å². The van der Waals surface area contributed by atoms with Crippen LogP contribution in [-0.2, 0) is 9.53 Å². The van der Waals surface area contributed by atoms with Gasteiger partial charge in [-0.2, -0.15) is 0 Å². The summed E-state index contributed by atoms with van der Waals surface area (Å²) in [5.41, 5.74) is 5.40. The lowest BCUT2D eigenvalue weighted by atomic mass is 10.1. The highest BCUT2D eigenvalue weighted by molar-refractivity contribution is 5.73. The average Bonchev–Trinajstić information content (AvgIpc) is 2.15. The van der Waals surface area contributed by atoms with Crippen LogP contribution in [0.2, 0.25) is 0 Å². The third kappa shape index (κ3) is 3.32. The molecule has 0 radical (unpaired) electrons. The van der Waals surface area contributed by atoms with Crippen molar-refractivity contribution < 1.29 is 9.53 Å². The summed E-state index contributed by atoms with van der Waals surface area (Å²) in [6.07, 6.45) is 2.12. The highest BCUT2D eigenvalue weighted by atomic mass is 16.5. The summed E-state index contributed by atoms with van der Waals surface area (Å²) >= 11 is 0. The number of nitrogens with two attached hydrogens (primary N) is 1. The summed E-state index contributed by atoms with van der Waals surface area (Å²) in [4.78, 5) is 12.9. The quantitative estimate of drug-likeness (QED) is 0.673. The van der Waals surface area contributed by atoms with Crippen LogP contribution >= 0.6 is 0 Å². The molecule has 2 N–H and O–H groups in total. The summed E-state index contributed by atoms with van der Waals surface area (Å²) in [5, 5.41) is 0. The van der Waals surface area contributed by atoms with Gasteiger partial charge in [-0.25, -0.2) is 0 Å². The molecule has 0 bridgehead atoms. The summed E-state index contributed by atoms with van der Waals surface area (Å²) in [6.45, 7) is 4.42. The molecule has 1 unspecified atom stereocenters. The van der Waals surface area contributed by atoms with Crippen molar-refractivity contribution >= 4 is 5.91 Å². The lowest BCUT2D eigenvalue weighted by Gasteiger charge is -2.32. The minimum Gasteiger partial charge on any atom is -0.375 e. The second-order valence-corrected chi connectivity index (χ2v) is 3.39. The molecule has 4 heteroatoms. The minimum absolute atomic E-state index is 0.140. The summed E-state index contributed by atoms with van der Waals surface area (Å²) < 4.78 is 5.51. The molecule has 0 aliphatic carbocycles. The fourth-order valence-corrected chi connectivity index (χ4v) is 1.53. The molecule has 76 valence electrons. The maximum absolute atomic E-state index is 11.1. The summed E-state index contributed by atoms with van der Waals surface area (Å²) in [7, 11) is 0. The molecule has 13 heavy (non-hydrogen) atoms. The van der Waals surface area contributed by atoms with Crippen LogP contribution in [0.15, 0.2) is 0 Å². The fraction of sp³-hybridized carbons (Fsp3) is 0.889. The Balaban J connectivity index is 2.29. The van der Waals surface area contributed by atoms with Gasteiger partial charge in [0.1, 0.15) is 0 Å². The number of morpholine rings is 1. The van der Waals surface area contributed by atoms with Crippen molar-refractivity contribution in [3.8, 4) is 0 Å². The summed E-state index contributed by atoms with van der Waals surface area (Å²) in [6, 6.07) is 0. The monoisotopic (exact) mass is 186 g/mol. The number of carbonyl (C=O) groups excluding carboxylic acids is 1. The van der Waals surface area contributed by atoms with Gasteiger partial charge in [-0.3, -0.25) is 4.79 Å². The number of hydrogen-bond donors (Lipinski definition) is 1. The van der Waals surface area contributed by atoms with Crippen molar-refractivity contribution in [2.75, 3.05) is 26.2 Å². The highest BCUT2D eigenvalue weighted by Crippen LogP contribution is 2.09. The van der Waals surface area contributed by atoms with Gasteiger partial charge in [0.25, 0.3) is 0 Å². The third-order valence-electron chi connectivity index (χ3n) is 2.31. The molecular formula is C9H18N2O2. The van der Waals surface area contributed by atoms with Crippen LogP contribution in [-0.4, -0.2) is 43.2 Å². The van der Waals surface area contributed by atoms with Gasteiger partial charge >= 0.3 is 0 Å². The van der Waals surface area contributed by atoms with Crippen molar-refractivity contribution in [3.05, 3.63) is 0 Å². The van der Waals surface area contributed by atoms with Crippen LogP contribution in [0.1, 0.15) is 19.8 Å². The maximum atomic E-state index is 11.1. The van der Waals surface area contributed by atoms with Crippen molar-refractivity contribution in [3.63, 3.8) is 0 Å². The first kappa shape index (κ1) is 10.5. The number of nitrogens with zero attached hydrogens (tertiary/aromatic N) is 1.